The maximum absolute atomic E-state index is 14.2. The number of hydrogen-bond acceptors (Lipinski definition) is 3. The summed E-state index contributed by atoms with van der Waals surface area (Å²) in [7, 11) is 0. The first-order chi connectivity index (χ1) is 15.5. The van der Waals surface area contributed by atoms with E-state index in [0.29, 0.717) is 29.7 Å². The number of aryl methyl sites for hydroxylation is 1. The lowest BCUT2D eigenvalue weighted by atomic mass is 10.1. The number of pyridine rings is 1. The number of halogens is 5. The molecule has 0 atom stereocenters. The third-order valence-corrected chi connectivity index (χ3v) is 5.19. The number of carbonyl (C=O) groups is 1. The maximum atomic E-state index is 14.2. The van der Waals surface area contributed by atoms with Gasteiger partial charge in [0.1, 0.15) is 22.8 Å². The van der Waals surface area contributed by atoms with E-state index >= 15 is 0 Å². The van der Waals surface area contributed by atoms with Crippen molar-refractivity contribution in [2.45, 2.75) is 26.6 Å². The molecule has 1 N–H and O–H groups in total. The predicted octanol–water partition coefficient (Wildman–Crippen LogP) is 5.65. The highest BCUT2D eigenvalue weighted by Gasteiger charge is 2.34. The van der Waals surface area contributed by atoms with Crippen LogP contribution in [0.15, 0.2) is 48.5 Å². The Bertz CT molecular complexity index is 1360. The van der Waals surface area contributed by atoms with Crippen molar-refractivity contribution in [3.05, 3.63) is 88.4 Å². The van der Waals surface area contributed by atoms with Gasteiger partial charge in [0.25, 0.3) is 5.91 Å². The summed E-state index contributed by atoms with van der Waals surface area (Å²) >= 11 is 0. The second-order valence-electron chi connectivity index (χ2n) is 7.47. The zero-order chi connectivity index (χ0) is 23.9. The molecule has 0 radical (unpaired) electrons. The molecule has 170 valence electrons. The number of carbonyl (C=O) groups excluding carboxylic acids is 1. The van der Waals surface area contributed by atoms with Crippen molar-refractivity contribution in [2.24, 2.45) is 0 Å². The quantitative estimate of drug-likeness (QED) is 0.401. The van der Waals surface area contributed by atoms with E-state index in [2.05, 4.69) is 15.4 Å². The zero-order valence-corrected chi connectivity index (χ0v) is 17.5. The average molecular weight is 460 g/mol. The molecule has 10 heteroatoms. The summed E-state index contributed by atoms with van der Waals surface area (Å²) in [6, 6.07) is 10.0. The summed E-state index contributed by atoms with van der Waals surface area (Å²) in [4.78, 5) is 16.4. The number of aromatic nitrogens is 3. The standard InChI is InChI=1S/C23H17F5N4O/c1-12-20(13(2)32(31-12)11-14-6-8-15(24)9-7-14)30-22(33)17-10-19(23(26,27)28)29-21-16(17)4-3-5-18(21)25/h3-10H,11H2,1-2H3,(H,30,33). The van der Waals surface area contributed by atoms with Gasteiger partial charge >= 0.3 is 6.18 Å². The SMILES string of the molecule is Cc1nn(Cc2ccc(F)cc2)c(C)c1NC(=O)c1cc(C(F)(F)F)nc2c(F)cccc12. The van der Waals surface area contributed by atoms with Crippen molar-refractivity contribution in [1.29, 1.82) is 0 Å². The van der Waals surface area contributed by atoms with Gasteiger partial charge in [0.05, 0.1) is 29.2 Å². The minimum absolute atomic E-state index is 0.0467. The molecule has 33 heavy (non-hydrogen) atoms. The lowest BCUT2D eigenvalue weighted by Gasteiger charge is -2.13. The van der Waals surface area contributed by atoms with E-state index in [1.165, 1.54) is 24.3 Å². The van der Waals surface area contributed by atoms with Crippen molar-refractivity contribution < 1.29 is 26.7 Å². The van der Waals surface area contributed by atoms with Gasteiger partial charge in [-0.3, -0.25) is 9.48 Å². The van der Waals surface area contributed by atoms with Gasteiger partial charge in [-0.25, -0.2) is 13.8 Å². The number of fused-ring (bicyclic) bond motifs is 1. The van der Waals surface area contributed by atoms with E-state index in [4.69, 9.17) is 0 Å². The van der Waals surface area contributed by atoms with Gasteiger partial charge in [-0.05, 0) is 43.7 Å². The van der Waals surface area contributed by atoms with Crippen LogP contribution >= 0.6 is 0 Å². The van der Waals surface area contributed by atoms with E-state index in [0.717, 1.165) is 11.6 Å². The summed E-state index contributed by atoms with van der Waals surface area (Å²) in [5.41, 5.74) is -0.211. The molecular weight excluding hydrogens is 443 g/mol. The number of rotatable bonds is 4. The minimum atomic E-state index is -4.86. The molecule has 0 bridgehead atoms. The first kappa shape index (κ1) is 22.4. The molecule has 4 rings (SSSR count). The maximum Gasteiger partial charge on any atom is 0.433 e. The average Bonchev–Trinajstić information content (AvgIpc) is 3.01. The van der Waals surface area contributed by atoms with Crippen molar-refractivity contribution in [3.8, 4) is 0 Å². The van der Waals surface area contributed by atoms with E-state index in [1.807, 2.05) is 0 Å². The molecule has 0 fully saturated rings. The molecule has 4 aromatic rings. The van der Waals surface area contributed by atoms with Gasteiger partial charge in [0.15, 0.2) is 0 Å². The van der Waals surface area contributed by atoms with Crippen LogP contribution in [0, 0.1) is 25.5 Å². The number of nitrogens with zero attached hydrogens (tertiary/aromatic N) is 3. The molecule has 0 aliphatic rings. The Morgan fingerprint density at radius 3 is 2.42 bits per heavy atom. The molecular formula is C23H17F5N4O. The van der Waals surface area contributed by atoms with Gasteiger partial charge in [-0.15, -0.1) is 0 Å². The molecule has 2 aromatic carbocycles. The molecule has 0 unspecified atom stereocenters. The Morgan fingerprint density at radius 2 is 1.76 bits per heavy atom. The normalized spacial score (nSPS) is 11.7. The fourth-order valence-corrected chi connectivity index (χ4v) is 3.52. The number of alkyl halides is 3. The van der Waals surface area contributed by atoms with Gasteiger partial charge in [-0.1, -0.05) is 24.3 Å². The van der Waals surface area contributed by atoms with Crippen molar-refractivity contribution >= 4 is 22.5 Å². The number of amides is 1. The minimum Gasteiger partial charge on any atom is -0.319 e. The van der Waals surface area contributed by atoms with Crippen LogP contribution in [0.3, 0.4) is 0 Å². The van der Waals surface area contributed by atoms with Crippen LogP contribution in [0.1, 0.15) is 33.0 Å². The van der Waals surface area contributed by atoms with Crippen molar-refractivity contribution in [1.82, 2.24) is 14.8 Å². The lowest BCUT2D eigenvalue weighted by molar-refractivity contribution is -0.141. The molecule has 0 aliphatic carbocycles. The Kier molecular flexibility index (Phi) is 5.61. The van der Waals surface area contributed by atoms with Crippen LogP contribution in [0.5, 0.6) is 0 Å². The second-order valence-corrected chi connectivity index (χ2v) is 7.47. The lowest BCUT2D eigenvalue weighted by Crippen LogP contribution is -2.17. The van der Waals surface area contributed by atoms with Crippen LogP contribution in [0.4, 0.5) is 27.6 Å². The van der Waals surface area contributed by atoms with E-state index in [9.17, 15) is 26.7 Å². The van der Waals surface area contributed by atoms with E-state index in [-0.39, 0.29) is 16.8 Å². The summed E-state index contributed by atoms with van der Waals surface area (Å²) in [6.07, 6.45) is -4.86. The molecule has 0 aliphatic heterocycles. The van der Waals surface area contributed by atoms with Crippen molar-refractivity contribution in [3.63, 3.8) is 0 Å². The number of nitrogens with one attached hydrogen (secondary N) is 1. The summed E-state index contributed by atoms with van der Waals surface area (Å²) in [5.74, 6) is -2.20. The van der Waals surface area contributed by atoms with Crippen LogP contribution in [-0.4, -0.2) is 20.7 Å². The van der Waals surface area contributed by atoms with E-state index in [1.54, 1.807) is 30.7 Å². The molecule has 1 amide bonds. The summed E-state index contributed by atoms with van der Waals surface area (Å²) in [5, 5.41) is 6.92. The predicted molar refractivity (Wildman–Crippen MR) is 112 cm³/mol. The third-order valence-electron chi connectivity index (χ3n) is 5.19. The molecule has 0 spiro atoms. The zero-order valence-electron chi connectivity index (χ0n) is 17.5. The number of benzene rings is 2. The van der Waals surface area contributed by atoms with Crippen LogP contribution in [-0.2, 0) is 12.7 Å². The summed E-state index contributed by atoms with van der Waals surface area (Å²) < 4.78 is 68.9. The van der Waals surface area contributed by atoms with Crippen molar-refractivity contribution in [2.75, 3.05) is 5.32 Å². The first-order valence-corrected chi connectivity index (χ1v) is 9.81. The molecule has 0 saturated carbocycles. The van der Waals surface area contributed by atoms with E-state index < -0.39 is 29.1 Å². The van der Waals surface area contributed by atoms with Crippen LogP contribution < -0.4 is 5.32 Å². The van der Waals surface area contributed by atoms with Gasteiger partial charge in [0, 0.05) is 5.39 Å². The third kappa shape index (κ3) is 4.41. The monoisotopic (exact) mass is 460 g/mol. The van der Waals surface area contributed by atoms with Gasteiger partial charge in [0.2, 0.25) is 0 Å². The Labute approximate surface area is 184 Å². The number of para-hydroxylation sites is 1. The second kappa shape index (κ2) is 8.27. The van der Waals surface area contributed by atoms with Gasteiger partial charge < -0.3 is 5.32 Å². The fourth-order valence-electron chi connectivity index (χ4n) is 3.52. The molecule has 0 saturated heterocycles. The fraction of sp³-hybridized carbons (Fsp3) is 0.174. The Balaban J connectivity index is 1.71. The number of hydrogen-bond donors (Lipinski definition) is 1. The highest BCUT2D eigenvalue weighted by atomic mass is 19.4. The summed E-state index contributed by atoms with van der Waals surface area (Å²) in [6.45, 7) is 3.62. The Hall–Kier alpha value is -3.82. The largest absolute Gasteiger partial charge is 0.433 e. The smallest absolute Gasteiger partial charge is 0.319 e. The van der Waals surface area contributed by atoms with Gasteiger partial charge in [-0.2, -0.15) is 18.3 Å². The topological polar surface area (TPSA) is 59.8 Å². The molecule has 5 nitrogen and oxygen atoms in total. The molecule has 2 heterocycles. The number of anilines is 1. The Morgan fingerprint density at radius 1 is 1.06 bits per heavy atom. The first-order valence-electron chi connectivity index (χ1n) is 9.81. The highest BCUT2D eigenvalue weighted by molar-refractivity contribution is 6.12. The van der Waals surface area contributed by atoms with Crippen LogP contribution in [0.25, 0.3) is 10.9 Å². The van der Waals surface area contributed by atoms with Crippen LogP contribution in [0.2, 0.25) is 0 Å². The molecule has 2 aromatic heterocycles. The highest BCUT2D eigenvalue weighted by Crippen LogP contribution is 2.32.